The molecule has 1 unspecified atom stereocenters. The molecule has 1 aliphatic carbocycles. The first-order chi connectivity index (χ1) is 9.63. The van der Waals surface area contributed by atoms with Crippen molar-refractivity contribution in [1.29, 1.82) is 0 Å². The second-order valence-electron chi connectivity index (χ2n) is 4.29. The Morgan fingerprint density at radius 2 is 1.95 bits per heavy atom. The number of nitrogens with zero attached hydrogens (tertiary/aromatic N) is 2. The first-order valence-electron chi connectivity index (χ1n) is 5.91. The van der Waals surface area contributed by atoms with E-state index < -0.39 is 11.6 Å². The highest BCUT2D eigenvalue weighted by atomic mass is 32.1. The highest BCUT2D eigenvalue weighted by Gasteiger charge is 2.24. The average molecular weight is 289 g/mol. The lowest BCUT2D eigenvalue weighted by atomic mass is 9.96. The Hall–Kier alpha value is -2.21. The molecule has 0 saturated carbocycles. The number of hydrogen-bond acceptors (Lipinski definition) is 2. The fourth-order valence-electron chi connectivity index (χ4n) is 2.01. The van der Waals surface area contributed by atoms with Gasteiger partial charge in [-0.25, -0.2) is 18.8 Å². The topological polar surface area (TPSA) is 36.8 Å². The van der Waals surface area contributed by atoms with Gasteiger partial charge in [-0.2, -0.15) is 0 Å². The standard InChI is InChI=1S/C14H9F2N3S/c15-10-6-5-8(7-11(10)16)17-13-9-3-1-2-4-12(9)18-14(20)19-13/h1-7,9H,(H,17,19,20). The van der Waals surface area contributed by atoms with E-state index in [1.807, 2.05) is 24.3 Å². The van der Waals surface area contributed by atoms with Crippen molar-refractivity contribution in [2.45, 2.75) is 0 Å². The third kappa shape index (κ3) is 2.42. The lowest BCUT2D eigenvalue weighted by Gasteiger charge is -2.22. The summed E-state index contributed by atoms with van der Waals surface area (Å²) in [7, 11) is 0. The van der Waals surface area contributed by atoms with Gasteiger partial charge in [0.25, 0.3) is 0 Å². The smallest absolute Gasteiger partial charge is 0.221 e. The van der Waals surface area contributed by atoms with Gasteiger partial charge in [0, 0.05) is 11.8 Å². The monoisotopic (exact) mass is 289 g/mol. The van der Waals surface area contributed by atoms with Crippen molar-refractivity contribution in [3.63, 3.8) is 0 Å². The van der Waals surface area contributed by atoms with E-state index in [4.69, 9.17) is 12.2 Å². The molecule has 2 aliphatic rings. The van der Waals surface area contributed by atoms with E-state index >= 15 is 0 Å². The molecular weight excluding hydrogens is 280 g/mol. The third-order valence-corrected chi connectivity index (χ3v) is 3.11. The van der Waals surface area contributed by atoms with Gasteiger partial charge < -0.3 is 5.32 Å². The van der Waals surface area contributed by atoms with Gasteiger partial charge in [-0.15, -0.1) is 0 Å². The van der Waals surface area contributed by atoms with Crippen LogP contribution in [0.1, 0.15) is 0 Å². The van der Waals surface area contributed by atoms with Crippen LogP contribution in [0.2, 0.25) is 0 Å². The first kappa shape index (κ1) is 12.8. The summed E-state index contributed by atoms with van der Waals surface area (Å²) in [6.07, 6.45) is 7.49. The Bertz CT molecular complexity index is 704. The summed E-state index contributed by atoms with van der Waals surface area (Å²) in [5.74, 6) is -1.41. The highest BCUT2D eigenvalue weighted by molar-refractivity contribution is 7.80. The minimum atomic E-state index is -0.915. The number of amidine groups is 1. The number of halogens is 2. The number of hydrogen-bond donors (Lipinski definition) is 1. The van der Waals surface area contributed by atoms with E-state index in [-0.39, 0.29) is 11.0 Å². The highest BCUT2D eigenvalue weighted by Crippen LogP contribution is 2.20. The van der Waals surface area contributed by atoms with Crippen LogP contribution in [-0.2, 0) is 0 Å². The molecule has 0 radical (unpaired) electrons. The van der Waals surface area contributed by atoms with Gasteiger partial charge in [-0.3, -0.25) is 0 Å². The van der Waals surface area contributed by atoms with Crippen LogP contribution in [0.25, 0.3) is 0 Å². The van der Waals surface area contributed by atoms with Crippen molar-refractivity contribution in [1.82, 2.24) is 0 Å². The molecule has 1 atom stereocenters. The van der Waals surface area contributed by atoms with Crippen LogP contribution in [0.15, 0.2) is 52.5 Å². The van der Waals surface area contributed by atoms with Gasteiger partial charge in [0.1, 0.15) is 5.84 Å². The fourth-order valence-corrected chi connectivity index (χ4v) is 2.21. The Kier molecular flexibility index (Phi) is 3.23. The number of rotatable bonds is 1. The van der Waals surface area contributed by atoms with Crippen LogP contribution in [0.3, 0.4) is 0 Å². The number of allylic oxidation sites excluding steroid dienone is 3. The van der Waals surface area contributed by atoms with Crippen molar-refractivity contribution in [2.24, 2.45) is 15.9 Å². The summed E-state index contributed by atoms with van der Waals surface area (Å²) in [5.41, 5.74) is 1.19. The molecule has 3 nitrogen and oxygen atoms in total. The van der Waals surface area contributed by atoms with E-state index in [1.165, 1.54) is 6.07 Å². The molecule has 1 aromatic rings. The van der Waals surface area contributed by atoms with E-state index in [9.17, 15) is 8.78 Å². The molecule has 1 aromatic carbocycles. The van der Waals surface area contributed by atoms with Crippen LogP contribution in [0.4, 0.5) is 14.5 Å². The van der Waals surface area contributed by atoms with E-state index in [0.29, 0.717) is 11.5 Å². The summed E-state index contributed by atoms with van der Waals surface area (Å²) in [4.78, 5) is 8.34. The molecule has 1 N–H and O–H groups in total. The Balaban J connectivity index is 1.90. The van der Waals surface area contributed by atoms with Gasteiger partial charge in [-0.05, 0) is 30.4 Å². The molecule has 0 saturated heterocycles. The van der Waals surface area contributed by atoms with E-state index in [0.717, 1.165) is 17.8 Å². The second kappa shape index (κ2) is 5.05. The third-order valence-electron chi connectivity index (χ3n) is 2.93. The largest absolute Gasteiger partial charge is 0.343 e. The number of benzene rings is 1. The molecule has 1 heterocycles. The Morgan fingerprint density at radius 1 is 1.10 bits per heavy atom. The maximum atomic E-state index is 13.2. The molecular formula is C14H9F2N3S. The van der Waals surface area contributed by atoms with Crippen molar-refractivity contribution < 1.29 is 8.78 Å². The van der Waals surface area contributed by atoms with E-state index in [2.05, 4.69) is 15.3 Å². The number of fused-ring (bicyclic) bond motifs is 1. The van der Waals surface area contributed by atoms with Crippen molar-refractivity contribution >= 4 is 34.6 Å². The maximum absolute atomic E-state index is 13.2. The molecule has 6 heteroatoms. The molecule has 0 bridgehead atoms. The van der Waals surface area contributed by atoms with Gasteiger partial charge in [0.2, 0.25) is 5.11 Å². The van der Waals surface area contributed by atoms with Crippen molar-refractivity contribution in [2.75, 3.05) is 5.32 Å². The summed E-state index contributed by atoms with van der Waals surface area (Å²) >= 11 is 5.01. The second-order valence-corrected chi connectivity index (χ2v) is 4.66. The van der Waals surface area contributed by atoms with Gasteiger partial charge in [0.15, 0.2) is 11.6 Å². The van der Waals surface area contributed by atoms with Crippen LogP contribution in [0, 0.1) is 17.6 Å². The lowest BCUT2D eigenvalue weighted by molar-refractivity contribution is 0.509. The zero-order valence-electron chi connectivity index (χ0n) is 10.2. The molecule has 3 rings (SSSR count). The molecule has 20 heavy (non-hydrogen) atoms. The number of anilines is 1. The summed E-state index contributed by atoms with van der Waals surface area (Å²) < 4.78 is 26.1. The Morgan fingerprint density at radius 3 is 2.75 bits per heavy atom. The number of aliphatic imine (C=N–C) groups is 2. The predicted octanol–water partition coefficient (Wildman–Crippen LogP) is 3.26. The van der Waals surface area contributed by atoms with Crippen molar-refractivity contribution in [3.8, 4) is 0 Å². The quantitative estimate of drug-likeness (QED) is 0.806. The SMILES string of the molecule is Fc1ccc(NC2=NC(=S)N=C3C=CC=CC32)cc1F. The van der Waals surface area contributed by atoms with Gasteiger partial charge >= 0.3 is 0 Å². The molecule has 1 aliphatic heterocycles. The van der Waals surface area contributed by atoms with Crippen LogP contribution < -0.4 is 5.32 Å². The Labute approximate surface area is 119 Å². The van der Waals surface area contributed by atoms with Gasteiger partial charge in [0.05, 0.1) is 11.6 Å². The van der Waals surface area contributed by atoms with Crippen LogP contribution >= 0.6 is 12.2 Å². The molecule has 0 aromatic heterocycles. The lowest BCUT2D eigenvalue weighted by Crippen LogP contribution is -2.32. The molecule has 0 amide bonds. The van der Waals surface area contributed by atoms with Gasteiger partial charge in [-0.1, -0.05) is 18.2 Å². The predicted molar refractivity (Wildman–Crippen MR) is 79.2 cm³/mol. The number of thiocarbonyl (C=S) groups is 1. The van der Waals surface area contributed by atoms with Crippen LogP contribution in [0.5, 0.6) is 0 Å². The zero-order chi connectivity index (χ0) is 14.1. The minimum Gasteiger partial charge on any atom is -0.343 e. The average Bonchev–Trinajstić information content (AvgIpc) is 2.43. The van der Waals surface area contributed by atoms with E-state index in [1.54, 1.807) is 0 Å². The summed E-state index contributed by atoms with van der Waals surface area (Å²) in [6, 6.07) is 3.58. The molecule has 100 valence electrons. The first-order valence-corrected chi connectivity index (χ1v) is 6.32. The minimum absolute atomic E-state index is 0.153. The zero-order valence-corrected chi connectivity index (χ0v) is 11.0. The summed E-state index contributed by atoms with van der Waals surface area (Å²) in [6.45, 7) is 0. The maximum Gasteiger partial charge on any atom is 0.221 e. The van der Waals surface area contributed by atoms with Crippen molar-refractivity contribution in [3.05, 3.63) is 54.1 Å². The molecule has 0 spiro atoms. The normalized spacial score (nSPS) is 20.3. The fraction of sp³-hybridized carbons (Fsp3) is 0.0714. The van der Waals surface area contributed by atoms with Crippen LogP contribution in [-0.4, -0.2) is 16.7 Å². The summed E-state index contributed by atoms with van der Waals surface area (Å²) in [5, 5.41) is 3.18. The molecule has 0 fully saturated rings. The number of nitrogens with one attached hydrogen (secondary N) is 1.